The van der Waals surface area contributed by atoms with Gasteiger partial charge in [-0.3, -0.25) is 20.5 Å². The molecule has 0 saturated heterocycles. The highest BCUT2D eigenvalue weighted by Gasteiger charge is 2.25. The van der Waals surface area contributed by atoms with Crippen LogP contribution in [0.2, 0.25) is 0 Å². The smallest absolute Gasteiger partial charge is 0.310 e. The molecule has 1 heterocycles. The van der Waals surface area contributed by atoms with Gasteiger partial charge in [0.2, 0.25) is 0 Å². The van der Waals surface area contributed by atoms with Crippen LogP contribution in [0.25, 0.3) is 0 Å². The number of carbonyl (C=O) groups is 1. The second kappa shape index (κ2) is 12.8. The number of hydrogen-bond acceptors (Lipinski definition) is 3. The maximum Gasteiger partial charge on any atom is 0.350 e. The Labute approximate surface area is 188 Å². The second-order valence-electron chi connectivity index (χ2n) is 9.56. The molecule has 2 fully saturated rings. The molecule has 0 spiro atoms. The van der Waals surface area contributed by atoms with Crippen LogP contribution in [0.3, 0.4) is 0 Å². The van der Waals surface area contributed by atoms with Gasteiger partial charge in [-0.25, -0.2) is 4.90 Å². The fraction of sp³-hybridized carbons (Fsp3) is 0.720. The van der Waals surface area contributed by atoms with Gasteiger partial charge in [0.1, 0.15) is 0 Å². The van der Waals surface area contributed by atoms with Gasteiger partial charge < -0.3 is 5.32 Å². The van der Waals surface area contributed by atoms with Crippen molar-refractivity contribution >= 4 is 11.9 Å². The number of pyridine rings is 1. The Morgan fingerprint density at radius 2 is 1.84 bits per heavy atom. The van der Waals surface area contributed by atoms with Gasteiger partial charge in [-0.05, 0) is 55.2 Å². The first kappa shape index (κ1) is 23.7. The average molecular weight is 429 g/mol. The molecule has 0 radical (unpaired) electrons. The Morgan fingerprint density at radius 3 is 2.61 bits per heavy atom. The van der Waals surface area contributed by atoms with Crippen LogP contribution in [-0.2, 0) is 11.3 Å². The third-order valence-corrected chi connectivity index (χ3v) is 7.21. The van der Waals surface area contributed by atoms with Crippen molar-refractivity contribution in [3.8, 4) is 0 Å². The Bertz CT molecular complexity index is 686. The number of nitrogens with two attached hydrogens (primary N) is 1. The highest BCUT2D eigenvalue weighted by atomic mass is 16.2. The van der Waals surface area contributed by atoms with Gasteiger partial charge in [0.25, 0.3) is 5.91 Å². The molecular formula is C25H42N5O+. The molecule has 6 nitrogen and oxygen atoms in total. The van der Waals surface area contributed by atoms with Gasteiger partial charge in [0, 0.05) is 31.4 Å². The SMILES string of the molecule is CN(C(=O)CCC1CCC[C@@H](NCc2ccncc2)C1)C(N)=[NH+]CCC1CCCCC1. The van der Waals surface area contributed by atoms with E-state index in [1.807, 2.05) is 12.4 Å². The number of hydrogen-bond donors (Lipinski definition) is 3. The highest BCUT2D eigenvalue weighted by Crippen LogP contribution is 2.28. The molecule has 0 aromatic carbocycles. The van der Waals surface area contributed by atoms with Crippen LogP contribution >= 0.6 is 0 Å². The third kappa shape index (κ3) is 8.24. The third-order valence-electron chi connectivity index (χ3n) is 7.21. The van der Waals surface area contributed by atoms with E-state index in [2.05, 4.69) is 27.4 Å². The standard InChI is InChI=1S/C25H41N5O/c1-30(25(26)28-17-14-20-6-3-2-4-7-20)24(31)11-10-21-8-5-9-23(18-21)29-19-22-12-15-27-16-13-22/h12-13,15-16,20-21,23,29H,2-11,14,17-19H2,1H3,(H2,26,28)/p+1/t21?,23-/m1/s1. The van der Waals surface area contributed by atoms with Crippen LogP contribution in [0.1, 0.15) is 82.6 Å². The zero-order chi connectivity index (χ0) is 21.9. The number of guanidine groups is 1. The lowest BCUT2D eigenvalue weighted by atomic mass is 9.83. The summed E-state index contributed by atoms with van der Waals surface area (Å²) in [4.78, 5) is 21.6. The number of nitrogens with one attached hydrogen (secondary N) is 2. The summed E-state index contributed by atoms with van der Waals surface area (Å²) in [6.07, 6.45) is 18.0. The van der Waals surface area contributed by atoms with E-state index in [1.54, 1.807) is 11.9 Å². The molecule has 6 heteroatoms. The molecule has 31 heavy (non-hydrogen) atoms. The highest BCUT2D eigenvalue weighted by molar-refractivity contribution is 5.93. The van der Waals surface area contributed by atoms with Crippen LogP contribution < -0.4 is 16.0 Å². The number of rotatable bonds is 9. The van der Waals surface area contributed by atoms with E-state index >= 15 is 0 Å². The lowest BCUT2D eigenvalue weighted by Gasteiger charge is -2.30. The maximum absolute atomic E-state index is 12.6. The normalized spacial score (nSPS) is 22.9. The zero-order valence-corrected chi connectivity index (χ0v) is 19.3. The first-order chi connectivity index (χ1) is 15.1. The summed E-state index contributed by atoms with van der Waals surface area (Å²) in [5.41, 5.74) is 7.43. The minimum Gasteiger partial charge on any atom is -0.310 e. The van der Waals surface area contributed by atoms with Gasteiger partial charge in [-0.1, -0.05) is 44.9 Å². The van der Waals surface area contributed by atoms with E-state index in [0.717, 1.165) is 38.3 Å². The number of amides is 1. The fourth-order valence-electron chi connectivity index (χ4n) is 5.13. The first-order valence-corrected chi connectivity index (χ1v) is 12.4. The fourth-order valence-corrected chi connectivity index (χ4v) is 5.13. The predicted molar refractivity (Wildman–Crippen MR) is 125 cm³/mol. The maximum atomic E-state index is 12.6. The Balaban J connectivity index is 1.34. The Kier molecular flexibility index (Phi) is 9.79. The van der Waals surface area contributed by atoms with E-state index in [-0.39, 0.29) is 5.91 Å². The molecule has 1 aromatic rings. The van der Waals surface area contributed by atoms with Crippen molar-refractivity contribution in [1.82, 2.24) is 15.2 Å². The summed E-state index contributed by atoms with van der Waals surface area (Å²) in [5.74, 6) is 2.05. The van der Waals surface area contributed by atoms with Crippen molar-refractivity contribution in [1.29, 1.82) is 0 Å². The molecule has 4 N–H and O–H groups in total. The van der Waals surface area contributed by atoms with Crippen molar-refractivity contribution < 1.29 is 9.79 Å². The molecule has 2 aliphatic rings. The summed E-state index contributed by atoms with van der Waals surface area (Å²) in [7, 11) is 1.80. The van der Waals surface area contributed by atoms with E-state index in [1.165, 1.54) is 56.9 Å². The summed E-state index contributed by atoms with van der Waals surface area (Å²) in [6.45, 7) is 1.75. The van der Waals surface area contributed by atoms with Crippen LogP contribution in [0.4, 0.5) is 0 Å². The lowest BCUT2D eigenvalue weighted by Crippen LogP contribution is -2.79. The number of carbonyl (C=O) groups excluding carboxylic acids is 1. The molecule has 0 bridgehead atoms. The number of nitrogens with zero attached hydrogens (tertiary/aromatic N) is 2. The largest absolute Gasteiger partial charge is 0.350 e. The molecule has 2 aliphatic carbocycles. The van der Waals surface area contributed by atoms with Crippen molar-refractivity contribution in [2.75, 3.05) is 13.6 Å². The van der Waals surface area contributed by atoms with Crippen molar-refractivity contribution in [3.05, 3.63) is 30.1 Å². The van der Waals surface area contributed by atoms with E-state index in [4.69, 9.17) is 5.73 Å². The van der Waals surface area contributed by atoms with E-state index < -0.39 is 0 Å². The molecule has 172 valence electrons. The van der Waals surface area contributed by atoms with Crippen molar-refractivity contribution in [2.24, 2.45) is 17.6 Å². The van der Waals surface area contributed by atoms with Gasteiger partial charge in [0.05, 0.1) is 13.6 Å². The summed E-state index contributed by atoms with van der Waals surface area (Å²) < 4.78 is 0. The Morgan fingerprint density at radius 1 is 1.10 bits per heavy atom. The van der Waals surface area contributed by atoms with E-state index in [9.17, 15) is 4.79 Å². The quantitative estimate of drug-likeness (QED) is 0.416. The molecule has 3 rings (SSSR count). The summed E-state index contributed by atoms with van der Waals surface area (Å²) in [5, 5.41) is 3.69. The Hall–Kier alpha value is -1.95. The van der Waals surface area contributed by atoms with Crippen LogP contribution in [-0.4, -0.2) is 41.4 Å². The van der Waals surface area contributed by atoms with Crippen molar-refractivity contribution in [2.45, 2.75) is 89.6 Å². The molecule has 1 unspecified atom stereocenters. The monoisotopic (exact) mass is 428 g/mol. The average Bonchev–Trinajstić information content (AvgIpc) is 2.82. The molecular weight excluding hydrogens is 386 g/mol. The van der Waals surface area contributed by atoms with Crippen LogP contribution in [0.15, 0.2) is 24.5 Å². The molecule has 0 aliphatic heterocycles. The predicted octanol–water partition coefficient (Wildman–Crippen LogP) is 2.33. The van der Waals surface area contributed by atoms with Crippen molar-refractivity contribution in [3.63, 3.8) is 0 Å². The topological polar surface area (TPSA) is 85.2 Å². The van der Waals surface area contributed by atoms with Gasteiger partial charge in [-0.15, -0.1) is 0 Å². The van der Waals surface area contributed by atoms with E-state index in [0.29, 0.717) is 24.3 Å². The lowest BCUT2D eigenvalue weighted by molar-refractivity contribution is -0.465. The molecule has 1 aromatic heterocycles. The summed E-state index contributed by atoms with van der Waals surface area (Å²) >= 11 is 0. The second-order valence-corrected chi connectivity index (χ2v) is 9.56. The van der Waals surface area contributed by atoms with Crippen LogP contribution in [0, 0.1) is 11.8 Å². The molecule has 2 saturated carbocycles. The van der Waals surface area contributed by atoms with Gasteiger partial charge in [-0.2, -0.15) is 0 Å². The molecule has 1 amide bonds. The van der Waals surface area contributed by atoms with Gasteiger partial charge >= 0.3 is 5.96 Å². The van der Waals surface area contributed by atoms with Gasteiger partial charge in [0.15, 0.2) is 0 Å². The number of aromatic nitrogens is 1. The zero-order valence-electron chi connectivity index (χ0n) is 19.3. The summed E-state index contributed by atoms with van der Waals surface area (Å²) in [6, 6.07) is 4.66. The first-order valence-electron chi connectivity index (χ1n) is 12.4. The molecule has 2 atom stereocenters. The van der Waals surface area contributed by atoms with Crippen LogP contribution in [0.5, 0.6) is 0 Å². The minimum atomic E-state index is 0.120. The minimum absolute atomic E-state index is 0.120.